The minimum absolute atomic E-state index is 0.117. The molecular weight excluding hydrogens is 232 g/mol. The van der Waals surface area contributed by atoms with Gasteiger partial charge < -0.3 is 4.74 Å². The number of esters is 1. The van der Waals surface area contributed by atoms with Gasteiger partial charge in [0.2, 0.25) is 0 Å². The topological polar surface area (TPSA) is 70.9 Å². The Morgan fingerprint density at radius 1 is 1.50 bits per heavy atom. The summed E-state index contributed by atoms with van der Waals surface area (Å²) in [6.45, 7) is 1.16. The molecule has 2 N–H and O–H groups in total. The largest absolute Gasteiger partial charge is 0.458 e. The quantitative estimate of drug-likeness (QED) is 0.368. The molecule has 1 rings (SSSR count). The van der Waals surface area contributed by atoms with Gasteiger partial charge in [-0.05, 0) is 24.3 Å². The Balaban J connectivity index is 2.71. The van der Waals surface area contributed by atoms with Crippen LogP contribution in [0.4, 0.5) is 5.69 Å². The van der Waals surface area contributed by atoms with Crippen LogP contribution in [0.2, 0.25) is 5.02 Å². The van der Waals surface area contributed by atoms with Crippen LogP contribution in [0.3, 0.4) is 0 Å². The number of hydrogen-bond acceptors (Lipinski definition) is 4. The second-order valence-electron chi connectivity index (χ2n) is 2.93. The molecule has 0 saturated heterocycles. The second-order valence-corrected chi connectivity index (χ2v) is 3.36. The summed E-state index contributed by atoms with van der Waals surface area (Å²) < 4.78 is 4.67. The van der Waals surface area contributed by atoms with E-state index in [0.717, 1.165) is 0 Å². The summed E-state index contributed by atoms with van der Waals surface area (Å²) in [4.78, 5) is 14.6. The number of ether oxygens (including phenoxy) is 1. The third kappa shape index (κ3) is 4.29. The molecule has 0 saturated carbocycles. The van der Waals surface area contributed by atoms with E-state index < -0.39 is 5.97 Å². The molecule has 0 amide bonds. The summed E-state index contributed by atoms with van der Waals surface area (Å²) in [6.07, 6.45) is 0. The van der Waals surface area contributed by atoms with Gasteiger partial charge in [-0.15, -0.1) is 0 Å². The first-order valence-corrected chi connectivity index (χ1v) is 4.86. The molecule has 0 fully saturated rings. The van der Waals surface area contributed by atoms with Crippen LogP contribution in [0.5, 0.6) is 0 Å². The second kappa shape index (κ2) is 6.09. The first-order valence-electron chi connectivity index (χ1n) is 4.48. The molecule has 1 aromatic carbocycles. The molecule has 0 aromatic heterocycles. The summed E-state index contributed by atoms with van der Waals surface area (Å²) in [5.74, 6) is -0.309. The SMILES string of the molecule is CC(=O)OCC(=Nc1ccc(Cl)cc1)NO. The summed E-state index contributed by atoms with van der Waals surface area (Å²) in [5.41, 5.74) is 2.45. The highest BCUT2D eigenvalue weighted by Gasteiger charge is 2.01. The number of hydrogen-bond donors (Lipinski definition) is 2. The highest BCUT2D eigenvalue weighted by atomic mass is 35.5. The normalized spacial score (nSPS) is 11.1. The summed E-state index contributed by atoms with van der Waals surface area (Å²) in [7, 11) is 0. The van der Waals surface area contributed by atoms with Crippen molar-refractivity contribution in [3.63, 3.8) is 0 Å². The van der Waals surface area contributed by atoms with Crippen LogP contribution < -0.4 is 5.48 Å². The molecule has 1 aromatic rings. The van der Waals surface area contributed by atoms with Crippen molar-refractivity contribution in [1.82, 2.24) is 5.48 Å². The van der Waals surface area contributed by atoms with E-state index >= 15 is 0 Å². The van der Waals surface area contributed by atoms with Crippen molar-refractivity contribution in [3.05, 3.63) is 29.3 Å². The van der Waals surface area contributed by atoms with Crippen LogP contribution in [-0.2, 0) is 9.53 Å². The predicted molar refractivity (Wildman–Crippen MR) is 60.1 cm³/mol. The number of carbonyl (C=O) groups excluding carboxylic acids is 1. The average Bonchev–Trinajstić information content (AvgIpc) is 2.26. The Bertz CT molecular complexity index is 390. The minimum atomic E-state index is -0.445. The highest BCUT2D eigenvalue weighted by molar-refractivity contribution is 6.30. The molecule has 0 unspecified atom stereocenters. The minimum Gasteiger partial charge on any atom is -0.458 e. The Morgan fingerprint density at radius 3 is 2.62 bits per heavy atom. The van der Waals surface area contributed by atoms with E-state index in [9.17, 15) is 4.79 Å². The van der Waals surface area contributed by atoms with Gasteiger partial charge in [0.15, 0.2) is 12.4 Å². The smallest absolute Gasteiger partial charge is 0.303 e. The first kappa shape index (κ1) is 12.5. The Hall–Kier alpha value is -1.59. The maximum Gasteiger partial charge on any atom is 0.303 e. The zero-order chi connectivity index (χ0) is 12.0. The van der Waals surface area contributed by atoms with Crippen LogP contribution in [0.15, 0.2) is 29.3 Å². The van der Waals surface area contributed by atoms with Crippen LogP contribution in [0.1, 0.15) is 6.92 Å². The zero-order valence-electron chi connectivity index (χ0n) is 8.61. The number of benzene rings is 1. The van der Waals surface area contributed by atoms with Gasteiger partial charge >= 0.3 is 5.97 Å². The van der Waals surface area contributed by atoms with Crippen molar-refractivity contribution in [2.24, 2.45) is 4.99 Å². The lowest BCUT2D eigenvalue weighted by Crippen LogP contribution is -2.25. The third-order valence-electron chi connectivity index (χ3n) is 1.63. The standard InChI is InChI=1S/C10H11ClN2O3/c1-7(14)16-6-10(13-15)12-9-4-2-8(11)3-5-9/h2-5,15H,6H2,1H3,(H,12,13). The molecular formula is C10H11ClN2O3. The van der Waals surface area contributed by atoms with Gasteiger partial charge in [0.25, 0.3) is 0 Å². The van der Waals surface area contributed by atoms with Crippen molar-refractivity contribution >= 4 is 29.1 Å². The van der Waals surface area contributed by atoms with Gasteiger partial charge in [0.1, 0.15) is 0 Å². The molecule has 5 nitrogen and oxygen atoms in total. The molecule has 0 aliphatic carbocycles. The van der Waals surface area contributed by atoms with Crippen molar-refractivity contribution in [1.29, 1.82) is 0 Å². The van der Waals surface area contributed by atoms with E-state index in [0.29, 0.717) is 10.7 Å². The third-order valence-corrected chi connectivity index (χ3v) is 1.88. The van der Waals surface area contributed by atoms with Gasteiger partial charge in [-0.25, -0.2) is 4.99 Å². The van der Waals surface area contributed by atoms with Crippen molar-refractivity contribution in [2.45, 2.75) is 6.92 Å². The van der Waals surface area contributed by atoms with E-state index in [2.05, 4.69) is 9.73 Å². The van der Waals surface area contributed by atoms with E-state index in [4.69, 9.17) is 16.8 Å². The summed E-state index contributed by atoms with van der Waals surface area (Å²) in [6, 6.07) is 6.68. The Labute approximate surface area is 97.7 Å². The number of carbonyl (C=O) groups is 1. The molecule has 0 atom stereocenters. The van der Waals surface area contributed by atoms with E-state index in [1.807, 2.05) is 5.48 Å². The summed E-state index contributed by atoms with van der Waals surface area (Å²) in [5, 5.41) is 9.35. The van der Waals surface area contributed by atoms with Crippen molar-refractivity contribution in [3.8, 4) is 0 Å². The van der Waals surface area contributed by atoms with Crippen molar-refractivity contribution < 1.29 is 14.7 Å². The van der Waals surface area contributed by atoms with Crippen LogP contribution in [-0.4, -0.2) is 23.6 Å². The number of hydroxylamine groups is 1. The monoisotopic (exact) mass is 242 g/mol. The molecule has 86 valence electrons. The lowest BCUT2D eigenvalue weighted by Gasteiger charge is -2.04. The van der Waals surface area contributed by atoms with Gasteiger partial charge in [-0.3, -0.25) is 15.5 Å². The lowest BCUT2D eigenvalue weighted by atomic mass is 10.3. The average molecular weight is 243 g/mol. The molecule has 6 heteroatoms. The highest BCUT2D eigenvalue weighted by Crippen LogP contribution is 2.16. The number of nitrogens with zero attached hydrogens (tertiary/aromatic N) is 1. The fourth-order valence-corrected chi connectivity index (χ4v) is 1.06. The predicted octanol–water partition coefficient (Wildman–Crippen LogP) is 1.91. The number of nitrogens with one attached hydrogen (secondary N) is 1. The fraction of sp³-hybridized carbons (Fsp3) is 0.200. The maximum absolute atomic E-state index is 10.6. The van der Waals surface area contributed by atoms with Gasteiger partial charge in [0, 0.05) is 11.9 Å². The number of amidine groups is 1. The van der Waals surface area contributed by atoms with Crippen LogP contribution in [0, 0.1) is 0 Å². The van der Waals surface area contributed by atoms with E-state index in [-0.39, 0.29) is 12.4 Å². The van der Waals surface area contributed by atoms with Crippen molar-refractivity contribution in [2.75, 3.05) is 6.61 Å². The first-order chi connectivity index (χ1) is 7.61. The lowest BCUT2D eigenvalue weighted by molar-refractivity contribution is -0.139. The van der Waals surface area contributed by atoms with Gasteiger partial charge in [0.05, 0.1) is 5.69 Å². The zero-order valence-corrected chi connectivity index (χ0v) is 9.36. The molecule has 0 aliphatic heterocycles. The molecule has 0 heterocycles. The Morgan fingerprint density at radius 2 is 2.12 bits per heavy atom. The van der Waals surface area contributed by atoms with Crippen LogP contribution >= 0.6 is 11.6 Å². The number of aliphatic imine (C=N–C) groups is 1. The Kier molecular flexibility index (Phi) is 4.75. The molecule has 0 bridgehead atoms. The molecule has 0 radical (unpaired) electrons. The van der Waals surface area contributed by atoms with Gasteiger partial charge in [-0.1, -0.05) is 11.6 Å². The number of rotatable bonds is 3. The van der Waals surface area contributed by atoms with E-state index in [1.165, 1.54) is 6.92 Å². The molecule has 16 heavy (non-hydrogen) atoms. The molecule has 0 spiro atoms. The molecule has 0 aliphatic rings. The summed E-state index contributed by atoms with van der Waals surface area (Å²) >= 11 is 5.70. The van der Waals surface area contributed by atoms with Gasteiger partial charge in [-0.2, -0.15) is 0 Å². The maximum atomic E-state index is 10.6. The van der Waals surface area contributed by atoms with Crippen LogP contribution in [0.25, 0.3) is 0 Å². The fourth-order valence-electron chi connectivity index (χ4n) is 0.931. The van der Waals surface area contributed by atoms with E-state index in [1.54, 1.807) is 24.3 Å². The number of halogens is 1.